The molecule has 0 N–H and O–H groups in total. The van der Waals surface area contributed by atoms with E-state index in [0.717, 1.165) is 12.2 Å². The number of benzene rings is 1. The van der Waals surface area contributed by atoms with Gasteiger partial charge < -0.3 is 4.43 Å². The summed E-state index contributed by atoms with van der Waals surface area (Å²) in [6.45, 7) is 11.2. The maximum atomic E-state index is 6.36. The molecule has 1 aromatic rings. The molecule has 0 aliphatic rings. The fraction of sp³-hybridized carbons (Fsp3) is 0.556. The lowest BCUT2D eigenvalue weighted by molar-refractivity contribution is 0.505. The van der Waals surface area contributed by atoms with Gasteiger partial charge in [0.15, 0.2) is 0 Å². The highest BCUT2D eigenvalue weighted by molar-refractivity contribution is 6.70. The standard InChI is InChI=1S/C18H30OSi/c1-6-7-8-10-13-16(2)18(19-20(3,4)5)17-14-11-9-12-15-17/h9,11-12,14-15H,6-8,10,13H2,1-5H3/b18-16+. The second-order valence-corrected chi connectivity index (χ2v) is 10.9. The van der Waals surface area contributed by atoms with Crippen molar-refractivity contribution >= 4 is 14.1 Å². The van der Waals surface area contributed by atoms with Crippen molar-refractivity contribution < 1.29 is 4.43 Å². The molecule has 0 unspecified atom stereocenters. The number of hydrogen-bond acceptors (Lipinski definition) is 1. The van der Waals surface area contributed by atoms with Crippen LogP contribution in [0.5, 0.6) is 0 Å². The van der Waals surface area contributed by atoms with Crippen LogP contribution in [0.15, 0.2) is 35.9 Å². The predicted octanol–water partition coefficient (Wildman–Crippen LogP) is 6.24. The topological polar surface area (TPSA) is 9.23 Å². The Hall–Kier alpha value is -1.02. The van der Waals surface area contributed by atoms with Crippen LogP contribution in [-0.2, 0) is 4.43 Å². The van der Waals surface area contributed by atoms with Gasteiger partial charge in [-0.1, -0.05) is 56.5 Å². The summed E-state index contributed by atoms with van der Waals surface area (Å²) in [5.74, 6) is 1.13. The predicted molar refractivity (Wildman–Crippen MR) is 92.2 cm³/mol. The molecule has 0 aromatic heterocycles. The summed E-state index contributed by atoms with van der Waals surface area (Å²) < 4.78 is 6.36. The molecule has 0 fully saturated rings. The first-order valence-electron chi connectivity index (χ1n) is 7.88. The highest BCUT2D eigenvalue weighted by Crippen LogP contribution is 2.27. The maximum absolute atomic E-state index is 6.36. The van der Waals surface area contributed by atoms with Crippen molar-refractivity contribution in [2.24, 2.45) is 0 Å². The van der Waals surface area contributed by atoms with Crippen LogP contribution in [-0.4, -0.2) is 8.32 Å². The zero-order valence-electron chi connectivity index (χ0n) is 13.8. The number of allylic oxidation sites excluding steroid dienone is 1. The third-order valence-corrected chi connectivity index (χ3v) is 4.05. The van der Waals surface area contributed by atoms with E-state index in [4.69, 9.17) is 4.43 Å². The van der Waals surface area contributed by atoms with Gasteiger partial charge in [-0.25, -0.2) is 0 Å². The van der Waals surface area contributed by atoms with E-state index in [0.29, 0.717) is 0 Å². The molecule has 20 heavy (non-hydrogen) atoms. The normalized spacial score (nSPS) is 13.1. The first kappa shape index (κ1) is 17.0. The fourth-order valence-corrected chi connectivity index (χ4v) is 3.12. The van der Waals surface area contributed by atoms with Gasteiger partial charge in [-0.3, -0.25) is 0 Å². The molecule has 0 saturated heterocycles. The Morgan fingerprint density at radius 3 is 2.20 bits per heavy atom. The van der Waals surface area contributed by atoms with Gasteiger partial charge in [0.05, 0.1) is 0 Å². The molecule has 0 heterocycles. The van der Waals surface area contributed by atoms with E-state index < -0.39 is 8.32 Å². The minimum Gasteiger partial charge on any atom is -0.544 e. The Kier molecular flexibility index (Phi) is 7.07. The third-order valence-electron chi connectivity index (χ3n) is 3.24. The lowest BCUT2D eigenvalue weighted by Crippen LogP contribution is -2.24. The lowest BCUT2D eigenvalue weighted by atomic mass is 10.0. The summed E-state index contributed by atoms with van der Waals surface area (Å²) in [5, 5.41) is 0. The molecule has 2 heteroatoms. The SMILES string of the molecule is CCCCCC/C(C)=C(/O[Si](C)(C)C)c1ccccc1. The zero-order chi connectivity index (χ0) is 15.0. The Morgan fingerprint density at radius 1 is 1.00 bits per heavy atom. The summed E-state index contributed by atoms with van der Waals surface area (Å²) in [4.78, 5) is 0. The number of rotatable bonds is 8. The molecule has 112 valence electrons. The number of hydrogen-bond donors (Lipinski definition) is 0. The van der Waals surface area contributed by atoms with Crippen molar-refractivity contribution in [3.8, 4) is 0 Å². The van der Waals surface area contributed by atoms with Crippen LogP contribution in [0.3, 0.4) is 0 Å². The van der Waals surface area contributed by atoms with Gasteiger partial charge in [0.25, 0.3) is 0 Å². The molecule has 0 saturated carbocycles. The molecule has 1 nitrogen and oxygen atoms in total. The summed E-state index contributed by atoms with van der Waals surface area (Å²) in [7, 11) is -1.58. The molecule has 0 radical (unpaired) electrons. The highest BCUT2D eigenvalue weighted by atomic mass is 28.4. The number of unbranched alkanes of at least 4 members (excludes halogenated alkanes) is 3. The van der Waals surface area contributed by atoms with Gasteiger partial charge in [0.2, 0.25) is 8.32 Å². The van der Waals surface area contributed by atoms with Crippen molar-refractivity contribution in [1.82, 2.24) is 0 Å². The molecular weight excluding hydrogens is 260 g/mol. The molecule has 0 aliphatic carbocycles. The molecule has 1 rings (SSSR count). The Labute approximate surface area is 126 Å². The Morgan fingerprint density at radius 2 is 1.65 bits per heavy atom. The molecule has 0 bridgehead atoms. The maximum Gasteiger partial charge on any atom is 0.242 e. The van der Waals surface area contributed by atoms with Crippen LogP contribution >= 0.6 is 0 Å². The minimum absolute atomic E-state index is 1.13. The van der Waals surface area contributed by atoms with Gasteiger partial charge in [-0.15, -0.1) is 0 Å². The van der Waals surface area contributed by atoms with Crippen molar-refractivity contribution in [3.63, 3.8) is 0 Å². The van der Waals surface area contributed by atoms with Crippen LogP contribution in [0.25, 0.3) is 5.76 Å². The van der Waals surface area contributed by atoms with Crippen LogP contribution in [0.4, 0.5) is 0 Å². The van der Waals surface area contributed by atoms with Crippen molar-refractivity contribution in [3.05, 3.63) is 41.5 Å². The van der Waals surface area contributed by atoms with Crippen molar-refractivity contribution in [2.45, 2.75) is 65.6 Å². The molecule has 0 atom stereocenters. The van der Waals surface area contributed by atoms with Gasteiger partial charge in [0.1, 0.15) is 5.76 Å². The van der Waals surface area contributed by atoms with Gasteiger partial charge >= 0.3 is 0 Å². The summed E-state index contributed by atoms with van der Waals surface area (Å²) in [6, 6.07) is 10.6. The van der Waals surface area contributed by atoms with Gasteiger partial charge in [-0.2, -0.15) is 0 Å². The minimum atomic E-state index is -1.58. The second kappa shape index (κ2) is 8.31. The fourth-order valence-electron chi connectivity index (χ4n) is 2.22. The molecule has 0 spiro atoms. The van der Waals surface area contributed by atoms with E-state index in [1.165, 1.54) is 36.8 Å². The van der Waals surface area contributed by atoms with E-state index in [1.807, 2.05) is 0 Å². The van der Waals surface area contributed by atoms with Crippen LogP contribution in [0.1, 0.15) is 51.5 Å². The van der Waals surface area contributed by atoms with E-state index in [2.05, 4.69) is 63.8 Å². The van der Waals surface area contributed by atoms with Crippen LogP contribution in [0.2, 0.25) is 19.6 Å². The average molecular weight is 291 g/mol. The molecule has 1 aromatic carbocycles. The molecule has 0 amide bonds. The lowest BCUT2D eigenvalue weighted by Gasteiger charge is -2.24. The first-order valence-corrected chi connectivity index (χ1v) is 11.3. The van der Waals surface area contributed by atoms with Gasteiger partial charge in [0, 0.05) is 5.56 Å². The third kappa shape index (κ3) is 6.42. The summed E-state index contributed by atoms with van der Waals surface area (Å²) in [6.07, 6.45) is 6.37. The van der Waals surface area contributed by atoms with E-state index in [9.17, 15) is 0 Å². The summed E-state index contributed by atoms with van der Waals surface area (Å²) in [5.41, 5.74) is 2.62. The van der Waals surface area contributed by atoms with E-state index >= 15 is 0 Å². The second-order valence-electron chi connectivity index (χ2n) is 6.50. The van der Waals surface area contributed by atoms with E-state index in [1.54, 1.807) is 0 Å². The first-order chi connectivity index (χ1) is 9.44. The molecule has 0 aliphatic heterocycles. The van der Waals surface area contributed by atoms with Crippen molar-refractivity contribution in [2.75, 3.05) is 0 Å². The van der Waals surface area contributed by atoms with Gasteiger partial charge in [-0.05, 0) is 45.0 Å². The Bertz CT molecular complexity index is 415. The molecular formula is C18H30OSi. The Balaban J connectivity index is 2.86. The quantitative estimate of drug-likeness (QED) is 0.313. The zero-order valence-corrected chi connectivity index (χ0v) is 14.8. The average Bonchev–Trinajstić information content (AvgIpc) is 2.41. The van der Waals surface area contributed by atoms with Crippen LogP contribution in [0, 0.1) is 0 Å². The van der Waals surface area contributed by atoms with E-state index in [-0.39, 0.29) is 0 Å². The highest BCUT2D eigenvalue weighted by Gasteiger charge is 2.20. The monoisotopic (exact) mass is 290 g/mol. The van der Waals surface area contributed by atoms with Crippen molar-refractivity contribution in [1.29, 1.82) is 0 Å². The smallest absolute Gasteiger partial charge is 0.242 e. The largest absolute Gasteiger partial charge is 0.544 e. The van der Waals surface area contributed by atoms with Crippen LogP contribution < -0.4 is 0 Å². The summed E-state index contributed by atoms with van der Waals surface area (Å²) >= 11 is 0.